The van der Waals surface area contributed by atoms with Crippen LogP contribution in [-0.2, 0) is 9.53 Å². The smallest absolute Gasteiger partial charge is 0.382 e. The Morgan fingerprint density at radius 1 is 1.47 bits per heavy atom. The molecule has 1 aromatic rings. The second-order valence-corrected chi connectivity index (χ2v) is 4.26. The molecule has 0 heterocycles. The molecule has 0 fully saturated rings. The van der Waals surface area contributed by atoms with E-state index in [1.807, 2.05) is 6.07 Å². The topological polar surface area (TPSA) is 89.7 Å². The molecule has 1 aromatic carbocycles. The normalized spacial score (nSPS) is 22.4. The van der Waals surface area contributed by atoms with Crippen molar-refractivity contribution in [3.63, 3.8) is 0 Å². The first-order valence-corrected chi connectivity index (χ1v) is 5.72. The van der Waals surface area contributed by atoms with Gasteiger partial charge in [-0.2, -0.15) is 0 Å². The minimum absolute atomic E-state index is 0.575. The summed E-state index contributed by atoms with van der Waals surface area (Å²) in [6, 6.07) is 5.42. The minimum atomic E-state index is -1.61. The SMILES string of the molecule is COC(=O)C([C@@H]1C=Cc2ccccc2[C@H]1O)[N+](=O)[O-]. The van der Waals surface area contributed by atoms with E-state index in [4.69, 9.17) is 0 Å². The molecule has 0 saturated heterocycles. The number of hydrogen-bond acceptors (Lipinski definition) is 5. The molecule has 0 amide bonds. The second-order valence-electron chi connectivity index (χ2n) is 4.26. The number of rotatable bonds is 3. The summed E-state index contributed by atoms with van der Waals surface area (Å²) in [5, 5.41) is 21.2. The van der Waals surface area contributed by atoms with Crippen LogP contribution in [0.25, 0.3) is 6.08 Å². The highest BCUT2D eigenvalue weighted by molar-refractivity contribution is 5.76. The molecule has 0 aromatic heterocycles. The van der Waals surface area contributed by atoms with Gasteiger partial charge in [0.25, 0.3) is 0 Å². The van der Waals surface area contributed by atoms with Crippen molar-refractivity contribution < 1.29 is 19.6 Å². The van der Waals surface area contributed by atoms with Gasteiger partial charge < -0.3 is 9.84 Å². The van der Waals surface area contributed by atoms with Crippen LogP contribution in [0.15, 0.2) is 30.3 Å². The predicted molar refractivity (Wildman–Crippen MR) is 66.7 cm³/mol. The third kappa shape index (κ3) is 2.34. The number of esters is 1. The van der Waals surface area contributed by atoms with Crippen LogP contribution in [0.5, 0.6) is 0 Å². The third-order valence-corrected chi connectivity index (χ3v) is 3.21. The van der Waals surface area contributed by atoms with Crippen molar-refractivity contribution in [1.82, 2.24) is 0 Å². The number of hydrogen-bond donors (Lipinski definition) is 1. The fourth-order valence-corrected chi connectivity index (χ4v) is 2.24. The Morgan fingerprint density at radius 2 is 2.16 bits per heavy atom. The molecule has 0 aliphatic heterocycles. The summed E-state index contributed by atoms with van der Waals surface area (Å²) in [5.41, 5.74) is 1.36. The highest BCUT2D eigenvalue weighted by atomic mass is 16.6. The summed E-state index contributed by atoms with van der Waals surface area (Å²) in [6.07, 6.45) is 2.06. The van der Waals surface area contributed by atoms with Crippen molar-refractivity contribution in [2.75, 3.05) is 7.11 Å². The highest BCUT2D eigenvalue weighted by Crippen LogP contribution is 2.34. The van der Waals surface area contributed by atoms with Crippen LogP contribution in [-0.4, -0.2) is 29.2 Å². The maximum absolute atomic E-state index is 11.5. The van der Waals surface area contributed by atoms with Crippen LogP contribution < -0.4 is 0 Å². The number of nitrogens with zero attached hydrogens (tertiary/aromatic N) is 1. The number of aliphatic hydroxyl groups excluding tert-OH is 1. The summed E-state index contributed by atoms with van der Waals surface area (Å²) >= 11 is 0. The van der Waals surface area contributed by atoms with Crippen molar-refractivity contribution >= 4 is 12.0 Å². The van der Waals surface area contributed by atoms with Gasteiger partial charge in [0.2, 0.25) is 0 Å². The van der Waals surface area contributed by atoms with Crippen LogP contribution in [0, 0.1) is 16.0 Å². The number of aliphatic hydroxyl groups is 1. The molecule has 19 heavy (non-hydrogen) atoms. The Balaban J connectivity index is 2.37. The van der Waals surface area contributed by atoms with Gasteiger partial charge in [-0.25, -0.2) is 4.79 Å². The van der Waals surface area contributed by atoms with E-state index in [9.17, 15) is 20.0 Å². The maximum Gasteiger partial charge on any atom is 0.382 e. The van der Waals surface area contributed by atoms with E-state index in [1.54, 1.807) is 24.3 Å². The highest BCUT2D eigenvalue weighted by Gasteiger charge is 2.44. The molecule has 0 saturated carbocycles. The minimum Gasteiger partial charge on any atom is -0.464 e. The zero-order chi connectivity index (χ0) is 14.0. The lowest BCUT2D eigenvalue weighted by Crippen LogP contribution is -2.40. The average molecular weight is 263 g/mol. The van der Waals surface area contributed by atoms with Crippen LogP contribution in [0.3, 0.4) is 0 Å². The lowest BCUT2D eigenvalue weighted by molar-refractivity contribution is -0.519. The van der Waals surface area contributed by atoms with E-state index < -0.39 is 29.0 Å². The molecule has 6 heteroatoms. The summed E-state index contributed by atoms with van der Waals surface area (Å²) in [7, 11) is 1.09. The molecule has 0 spiro atoms. The number of methoxy groups -OCH3 is 1. The number of nitro groups is 1. The molecule has 1 N–H and O–H groups in total. The molecule has 100 valence electrons. The summed E-state index contributed by atoms with van der Waals surface area (Å²) in [4.78, 5) is 21.8. The summed E-state index contributed by atoms with van der Waals surface area (Å²) in [5.74, 6) is -1.89. The van der Waals surface area contributed by atoms with Crippen molar-refractivity contribution in [3.05, 3.63) is 51.6 Å². The lowest BCUT2D eigenvalue weighted by atomic mass is 9.82. The largest absolute Gasteiger partial charge is 0.464 e. The Bertz CT molecular complexity index is 540. The van der Waals surface area contributed by atoms with Crippen LogP contribution in [0.4, 0.5) is 0 Å². The van der Waals surface area contributed by atoms with Gasteiger partial charge in [0, 0.05) is 4.92 Å². The molecule has 0 radical (unpaired) electrons. The fourth-order valence-electron chi connectivity index (χ4n) is 2.24. The van der Waals surface area contributed by atoms with Crippen LogP contribution in [0.1, 0.15) is 17.2 Å². The van der Waals surface area contributed by atoms with E-state index in [2.05, 4.69) is 4.74 Å². The lowest BCUT2D eigenvalue weighted by Gasteiger charge is -2.26. The van der Waals surface area contributed by atoms with Gasteiger partial charge in [0.1, 0.15) is 0 Å². The van der Waals surface area contributed by atoms with E-state index >= 15 is 0 Å². The van der Waals surface area contributed by atoms with Crippen LogP contribution >= 0.6 is 0 Å². The predicted octanol–water partition coefficient (Wildman–Crippen LogP) is 1.18. The van der Waals surface area contributed by atoms with E-state index in [1.165, 1.54) is 6.08 Å². The zero-order valence-corrected chi connectivity index (χ0v) is 10.2. The van der Waals surface area contributed by atoms with Crippen LogP contribution in [0.2, 0.25) is 0 Å². The molecular formula is C13H13NO5. The van der Waals surface area contributed by atoms with Crippen molar-refractivity contribution in [1.29, 1.82) is 0 Å². The molecule has 1 aliphatic carbocycles. The van der Waals surface area contributed by atoms with E-state index in [-0.39, 0.29) is 0 Å². The molecule has 6 nitrogen and oxygen atoms in total. The number of ether oxygens (including phenoxy) is 1. The fraction of sp³-hybridized carbons (Fsp3) is 0.308. The molecular weight excluding hydrogens is 250 g/mol. The first-order valence-electron chi connectivity index (χ1n) is 5.72. The van der Waals surface area contributed by atoms with E-state index in [0.29, 0.717) is 5.56 Å². The van der Waals surface area contributed by atoms with Gasteiger partial charge in [0.05, 0.1) is 19.1 Å². The number of carbonyl (C=O) groups is 1. The molecule has 1 unspecified atom stereocenters. The monoisotopic (exact) mass is 263 g/mol. The molecule has 2 rings (SSSR count). The van der Waals surface area contributed by atoms with Gasteiger partial charge in [-0.3, -0.25) is 10.1 Å². The Morgan fingerprint density at radius 3 is 2.79 bits per heavy atom. The Hall–Kier alpha value is -2.21. The number of benzene rings is 1. The van der Waals surface area contributed by atoms with Gasteiger partial charge in [-0.15, -0.1) is 0 Å². The second kappa shape index (κ2) is 5.19. The quantitative estimate of drug-likeness (QED) is 0.502. The maximum atomic E-state index is 11.5. The Labute approximate surface area is 109 Å². The van der Waals surface area contributed by atoms with Gasteiger partial charge in [0.15, 0.2) is 0 Å². The zero-order valence-electron chi connectivity index (χ0n) is 10.2. The van der Waals surface area contributed by atoms with Crippen molar-refractivity contribution in [3.8, 4) is 0 Å². The first-order chi connectivity index (χ1) is 9.06. The molecule has 0 bridgehead atoms. The third-order valence-electron chi connectivity index (χ3n) is 3.21. The van der Waals surface area contributed by atoms with E-state index in [0.717, 1.165) is 12.7 Å². The summed E-state index contributed by atoms with van der Waals surface area (Å²) < 4.78 is 4.44. The number of fused-ring (bicyclic) bond motifs is 1. The Kier molecular flexibility index (Phi) is 3.62. The average Bonchev–Trinajstić information content (AvgIpc) is 2.41. The molecule has 1 aliphatic rings. The van der Waals surface area contributed by atoms with Gasteiger partial charge in [-0.1, -0.05) is 36.4 Å². The molecule has 3 atom stereocenters. The van der Waals surface area contributed by atoms with Gasteiger partial charge >= 0.3 is 12.0 Å². The standard InChI is InChI=1S/C13H13NO5/c1-19-13(16)11(14(17)18)10-7-6-8-4-2-3-5-9(8)12(10)15/h2-7,10-12,15H,1H3/t10-,11?,12+/m0/s1. The van der Waals surface area contributed by atoms with Crippen molar-refractivity contribution in [2.45, 2.75) is 12.1 Å². The first kappa shape index (κ1) is 13.2. The van der Waals surface area contributed by atoms with Crippen molar-refractivity contribution in [2.24, 2.45) is 5.92 Å². The summed E-state index contributed by atoms with van der Waals surface area (Å²) in [6.45, 7) is 0. The van der Waals surface area contributed by atoms with Gasteiger partial charge in [-0.05, 0) is 11.1 Å². The number of carbonyl (C=O) groups excluding carboxylic acids is 1.